The van der Waals surface area contributed by atoms with Crippen LogP contribution in [0.1, 0.15) is 0 Å². The van der Waals surface area contributed by atoms with Crippen molar-refractivity contribution >= 4 is 28.4 Å². The molecule has 1 N–H and O–H groups in total. The Bertz CT molecular complexity index is 953. The maximum absolute atomic E-state index is 14.4. The lowest BCUT2D eigenvalue weighted by atomic mass is 9.99. The molecule has 23 heavy (non-hydrogen) atoms. The fourth-order valence-electron chi connectivity index (χ4n) is 2.57. The molecule has 0 atom stereocenters. The molecule has 1 aromatic heterocycles. The molecule has 0 unspecified atom stereocenters. The highest BCUT2D eigenvalue weighted by molar-refractivity contribution is 7.99. The summed E-state index contributed by atoms with van der Waals surface area (Å²) in [4.78, 5) is 12.2. The van der Waals surface area contributed by atoms with Crippen LogP contribution in [0.4, 0.5) is 14.5 Å². The van der Waals surface area contributed by atoms with E-state index in [9.17, 15) is 13.6 Å². The predicted octanol–water partition coefficient (Wildman–Crippen LogP) is 4.17. The minimum absolute atomic E-state index is 0.158. The second kappa shape index (κ2) is 6.04. The largest absolute Gasteiger partial charge is 0.327 e. The van der Waals surface area contributed by atoms with Crippen LogP contribution >= 0.6 is 11.9 Å². The Morgan fingerprint density at radius 3 is 2.43 bits per heavy atom. The van der Waals surface area contributed by atoms with Gasteiger partial charge in [-0.15, -0.1) is 0 Å². The average molecular weight is 332 g/mol. The van der Waals surface area contributed by atoms with Crippen LogP contribution in [0.15, 0.2) is 47.4 Å². The maximum atomic E-state index is 14.4. The summed E-state index contributed by atoms with van der Waals surface area (Å²) in [7, 11) is 1.61. The van der Waals surface area contributed by atoms with Crippen LogP contribution in [0.3, 0.4) is 0 Å². The molecule has 0 radical (unpaired) electrons. The number of pyridine rings is 1. The van der Waals surface area contributed by atoms with Gasteiger partial charge in [0.15, 0.2) is 0 Å². The Balaban J connectivity index is 2.35. The van der Waals surface area contributed by atoms with Crippen LogP contribution in [-0.2, 0) is 7.05 Å². The van der Waals surface area contributed by atoms with Crippen molar-refractivity contribution in [3.8, 4) is 11.1 Å². The van der Waals surface area contributed by atoms with Gasteiger partial charge in [-0.1, -0.05) is 30.1 Å². The van der Waals surface area contributed by atoms with E-state index in [2.05, 4.69) is 4.72 Å². The number of rotatable bonds is 3. The molecule has 0 amide bonds. The van der Waals surface area contributed by atoms with E-state index in [-0.39, 0.29) is 16.8 Å². The van der Waals surface area contributed by atoms with Gasteiger partial charge in [-0.2, -0.15) is 0 Å². The van der Waals surface area contributed by atoms with E-state index in [1.807, 2.05) is 0 Å². The van der Waals surface area contributed by atoms with Crippen molar-refractivity contribution < 1.29 is 8.78 Å². The van der Waals surface area contributed by atoms with E-state index in [1.165, 1.54) is 22.6 Å². The highest BCUT2D eigenvalue weighted by Gasteiger charge is 2.15. The number of hydrogen-bond donors (Lipinski definition) is 1. The topological polar surface area (TPSA) is 34.0 Å². The Morgan fingerprint density at radius 1 is 1.04 bits per heavy atom. The third kappa shape index (κ3) is 2.70. The van der Waals surface area contributed by atoms with Crippen molar-refractivity contribution in [3.05, 3.63) is 64.6 Å². The summed E-state index contributed by atoms with van der Waals surface area (Å²) in [5.74, 6) is -1.33. The molecule has 3 aromatic rings. The highest BCUT2D eigenvalue weighted by Crippen LogP contribution is 2.32. The summed E-state index contributed by atoms with van der Waals surface area (Å²) >= 11 is 1.22. The number of aryl methyl sites for hydroxylation is 1. The Labute approximate surface area is 136 Å². The van der Waals surface area contributed by atoms with E-state index in [0.29, 0.717) is 16.3 Å². The van der Waals surface area contributed by atoms with Crippen LogP contribution in [0, 0.1) is 11.6 Å². The fraction of sp³-hybridized carbons (Fsp3) is 0.118. The van der Waals surface area contributed by atoms with E-state index < -0.39 is 11.6 Å². The van der Waals surface area contributed by atoms with Gasteiger partial charge < -0.3 is 9.29 Å². The molecule has 0 aliphatic rings. The maximum Gasteiger partial charge on any atom is 0.258 e. The molecule has 3 rings (SSSR count). The number of aromatic nitrogens is 1. The van der Waals surface area contributed by atoms with Gasteiger partial charge in [-0.25, -0.2) is 8.78 Å². The van der Waals surface area contributed by atoms with Crippen LogP contribution in [0.25, 0.3) is 21.9 Å². The van der Waals surface area contributed by atoms with Gasteiger partial charge >= 0.3 is 0 Å². The molecule has 2 aromatic carbocycles. The van der Waals surface area contributed by atoms with Crippen LogP contribution in [0.2, 0.25) is 0 Å². The lowest BCUT2D eigenvalue weighted by molar-refractivity contribution is 0.588. The summed E-state index contributed by atoms with van der Waals surface area (Å²) < 4.78 is 32.4. The van der Waals surface area contributed by atoms with Crippen molar-refractivity contribution in [2.24, 2.45) is 7.05 Å². The van der Waals surface area contributed by atoms with Crippen molar-refractivity contribution in [1.29, 1.82) is 0 Å². The summed E-state index contributed by atoms with van der Waals surface area (Å²) in [6.45, 7) is 0. The average Bonchev–Trinajstić information content (AvgIpc) is 2.54. The number of benzene rings is 2. The molecule has 0 bridgehead atoms. The summed E-state index contributed by atoms with van der Waals surface area (Å²) in [6, 6.07) is 9.28. The monoisotopic (exact) mass is 332 g/mol. The molecule has 6 heteroatoms. The zero-order valence-electron chi connectivity index (χ0n) is 12.6. The molecule has 0 aliphatic carbocycles. The molecule has 0 spiro atoms. The van der Waals surface area contributed by atoms with E-state index in [4.69, 9.17) is 0 Å². The van der Waals surface area contributed by atoms with E-state index in [1.54, 1.807) is 43.8 Å². The van der Waals surface area contributed by atoms with Crippen molar-refractivity contribution in [2.75, 3.05) is 11.0 Å². The third-order valence-corrected chi connectivity index (χ3v) is 4.07. The van der Waals surface area contributed by atoms with Crippen molar-refractivity contribution in [3.63, 3.8) is 0 Å². The third-order valence-electron chi connectivity index (χ3n) is 3.65. The van der Waals surface area contributed by atoms with Crippen molar-refractivity contribution in [2.45, 2.75) is 0 Å². The molecule has 0 aliphatic heterocycles. The van der Waals surface area contributed by atoms with Gasteiger partial charge in [0.05, 0.1) is 5.69 Å². The van der Waals surface area contributed by atoms with Gasteiger partial charge in [0.1, 0.15) is 11.6 Å². The Kier molecular flexibility index (Phi) is 4.09. The van der Waals surface area contributed by atoms with Gasteiger partial charge in [0.25, 0.3) is 5.56 Å². The zero-order valence-corrected chi connectivity index (χ0v) is 13.4. The predicted molar refractivity (Wildman–Crippen MR) is 91.7 cm³/mol. The molecule has 118 valence electrons. The number of nitrogens with one attached hydrogen (secondary N) is 1. The Hall–Kier alpha value is -2.34. The molecular formula is C17H14F2N2OS. The van der Waals surface area contributed by atoms with Gasteiger partial charge in [0, 0.05) is 42.1 Å². The van der Waals surface area contributed by atoms with Crippen LogP contribution in [0.5, 0.6) is 0 Å². The van der Waals surface area contributed by atoms with E-state index >= 15 is 0 Å². The number of fused-ring (bicyclic) bond motifs is 1. The first kappa shape index (κ1) is 15.6. The lowest BCUT2D eigenvalue weighted by Crippen LogP contribution is -2.16. The first-order chi connectivity index (χ1) is 11.0. The lowest BCUT2D eigenvalue weighted by Gasteiger charge is -2.13. The quantitative estimate of drug-likeness (QED) is 0.731. The SMILES string of the molecule is CSNc1cc(-c2cn(C)c(=O)c3ccccc23)c(F)cc1F. The summed E-state index contributed by atoms with van der Waals surface area (Å²) in [5.41, 5.74) is 0.834. The number of hydrogen-bond acceptors (Lipinski definition) is 3. The second-order valence-corrected chi connectivity index (χ2v) is 5.73. The Morgan fingerprint density at radius 2 is 1.74 bits per heavy atom. The number of nitrogens with zero attached hydrogens (tertiary/aromatic N) is 1. The summed E-state index contributed by atoms with van der Waals surface area (Å²) in [5, 5.41) is 1.13. The summed E-state index contributed by atoms with van der Waals surface area (Å²) in [6.07, 6.45) is 3.33. The fourth-order valence-corrected chi connectivity index (χ4v) is 2.95. The van der Waals surface area contributed by atoms with Gasteiger partial charge in [-0.3, -0.25) is 4.79 Å². The minimum atomic E-state index is -0.669. The van der Waals surface area contributed by atoms with Crippen LogP contribution < -0.4 is 10.3 Å². The van der Waals surface area contributed by atoms with Crippen LogP contribution in [-0.4, -0.2) is 10.8 Å². The molecule has 0 saturated carbocycles. The molecule has 3 nitrogen and oxygen atoms in total. The number of halogens is 2. The molecule has 0 fully saturated rings. The molecular weight excluding hydrogens is 318 g/mol. The van der Waals surface area contributed by atoms with E-state index in [0.717, 1.165) is 6.07 Å². The first-order valence-electron chi connectivity index (χ1n) is 6.89. The highest BCUT2D eigenvalue weighted by atomic mass is 32.2. The second-order valence-electron chi connectivity index (χ2n) is 5.12. The van der Waals surface area contributed by atoms with Gasteiger partial charge in [-0.05, 0) is 17.5 Å². The molecule has 0 saturated heterocycles. The standard InChI is InChI=1S/C17H14F2N2OS/c1-21-9-13(10-5-3-4-6-11(10)17(21)22)12-7-16(20-23-2)15(19)8-14(12)18/h3-9,20H,1-2H3. The van der Waals surface area contributed by atoms with Gasteiger partial charge in [0.2, 0.25) is 0 Å². The zero-order chi connectivity index (χ0) is 16.6. The number of anilines is 1. The first-order valence-corrected chi connectivity index (χ1v) is 8.12. The minimum Gasteiger partial charge on any atom is -0.327 e. The normalized spacial score (nSPS) is 11.0. The molecule has 1 heterocycles. The van der Waals surface area contributed by atoms with Crippen molar-refractivity contribution in [1.82, 2.24) is 4.57 Å². The smallest absolute Gasteiger partial charge is 0.258 e.